The first kappa shape index (κ1) is 24.6. The maximum atomic E-state index is 12.5. The molecule has 0 aliphatic heterocycles. The molecule has 12 nitrogen and oxygen atoms in total. The molecule has 0 fully saturated rings. The van der Waals surface area contributed by atoms with Crippen LogP contribution in [0.15, 0.2) is 29.4 Å². The second-order valence-corrected chi connectivity index (χ2v) is 6.99. The standard InChI is InChI=1S/C15H18N6O6S.Na.H/c1-21(2)13(22)9-6-5-7-16-12(9)28(24,25)20-15(23)19-14-17-10(26-3)8-11(18-14)27-4;;/h5-8H,1-4H3,(H2,17,18,19,20,23);;. The molecule has 0 saturated carbocycles. The van der Waals surface area contributed by atoms with Gasteiger partial charge in [-0.05, 0) is 12.1 Å². The van der Waals surface area contributed by atoms with Crippen LogP contribution in [0.2, 0.25) is 0 Å². The van der Waals surface area contributed by atoms with Gasteiger partial charge in [-0.15, -0.1) is 0 Å². The van der Waals surface area contributed by atoms with Crippen LogP contribution < -0.4 is 19.5 Å². The third-order valence-electron chi connectivity index (χ3n) is 3.21. The number of rotatable bonds is 6. The molecule has 0 unspecified atom stereocenters. The van der Waals surface area contributed by atoms with Crippen LogP contribution in [0.4, 0.5) is 10.7 Å². The Hall–Kier alpha value is -2.48. The molecule has 0 aromatic carbocycles. The van der Waals surface area contributed by atoms with Crippen LogP contribution in [0.3, 0.4) is 0 Å². The molecule has 0 aliphatic rings. The quantitative estimate of drug-likeness (QED) is 0.570. The molecule has 2 N–H and O–H groups in total. The van der Waals surface area contributed by atoms with Crippen LogP contribution in [0.1, 0.15) is 10.4 Å². The Balaban J connectivity index is 0.00000420. The van der Waals surface area contributed by atoms with E-state index in [0.29, 0.717) is 0 Å². The number of urea groups is 1. The monoisotopic (exact) mass is 434 g/mol. The van der Waals surface area contributed by atoms with Crippen molar-refractivity contribution in [3.8, 4) is 11.8 Å². The van der Waals surface area contributed by atoms with Crippen LogP contribution in [0.25, 0.3) is 0 Å². The van der Waals surface area contributed by atoms with Gasteiger partial charge in [0.15, 0.2) is 5.03 Å². The van der Waals surface area contributed by atoms with Gasteiger partial charge >= 0.3 is 35.6 Å². The molecule has 0 spiro atoms. The van der Waals surface area contributed by atoms with E-state index in [1.807, 2.05) is 0 Å². The SMILES string of the molecule is COc1cc(OC)nc(NC(=O)NS(=O)(=O)c2ncccc2C(=O)N(C)C)n1.[NaH]. The minimum atomic E-state index is -4.46. The van der Waals surface area contributed by atoms with Crippen molar-refractivity contribution in [2.45, 2.75) is 5.03 Å². The number of nitrogens with zero attached hydrogens (tertiary/aromatic N) is 4. The summed E-state index contributed by atoms with van der Waals surface area (Å²) >= 11 is 0. The number of methoxy groups -OCH3 is 2. The Morgan fingerprint density at radius 3 is 2.21 bits per heavy atom. The van der Waals surface area contributed by atoms with Gasteiger partial charge in [0.1, 0.15) is 0 Å². The van der Waals surface area contributed by atoms with Crippen LogP contribution in [-0.4, -0.2) is 98.1 Å². The fourth-order valence-electron chi connectivity index (χ4n) is 1.98. The van der Waals surface area contributed by atoms with Crippen molar-refractivity contribution in [3.63, 3.8) is 0 Å². The summed E-state index contributed by atoms with van der Waals surface area (Å²) in [6.07, 6.45) is 1.19. The first-order valence-electron chi connectivity index (χ1n) is 7.65. The van der Waals surface area contributed by atoms with E-state index >= 15 is 0 Å². The number of hydrogen-bond acceptors (Lipinski definition) is 9. The normalized spacial score (nSPS) is 10.3. The number of amides is 3. The molecule has 152 valence electrons. The average molecular weight is 434 g/mol. The third-order valence-corrected chi connectivity index (χ3v) is 4.50. The summed E-state index contributed by atoms with van der Waals surface area (Å²) < 4.78 is 36.7. The van der Waals surface area contributed by atoms with E-state index in [0.717, 1.165) is 0 Å². The van der Waals surface area contributed by atoms with Crippen molar-refractivity contribution >= 4 is 57.5 Å². The minimum absolute atomic E-state index is 0. The van der Waals surface area contributed by atoms with Crippen molar-refractivity contribution in [2.24, 2.45) is 0 Å². The summed E-state index contributed by atoms with van der Waals surface area (Å²) in [4.78, 5) is 36.9. The summed E-state index contributed by atoms with van der Waals surface area (Å²) in [5.74, 6) is -0.661. The molecular formula is C15H19N6NaO6S. The molecule has 3 amide bonds. The zero-order valence-corrected chi connectivity index (χ0v) is 16.3. The number of ether oxygens (including phenoxy) is 2. The fourth-order valence-corrected chi connectivity index (χ4v) is 3.01. The number of aromatic nitrogens is 3. The number of hydrogen-bond donors (Lipinski definition) is 2. The molecule has 0 radical (unpaired) electrons. The van der Waals surface area contributed by atoms with Crippen LogP contribution in [0, 0.1) is 0 Å². The van der Waals surface area contributed by atoms with Crippen molar-refractivity contribution in [3.05, 3.63) is 30.0 Å². The summed E-state index contributed by atoms with van der Waals surface area (Å²) in [6.45, 7) is 0. The Bertz CT molecular complexity index is 978. The third kappa shape index (κ3) is 6.25. The number of carbonyl (C=O) groups is 2. The molecule has 0 bridgehead atoms. The van der Waals surface area contributed by atoms with E-state index < -0.39 is 27.0 Å². The van der Waals surface area contributed by atoms with Crippen molar-refractivity contribution in [1.82, 2.24) is 24.6 Å². The number of nitrogens with one attached hydrogen (secondary N) is 2. The van der Waals surface area contributed by atoms with Crippen molar-refractivity contribution in [2.75, 3.05) is 33.6 Å². The predicted octanol–water partition coefficient (Wildman–Crippen LogP) is -0.547. The van der Waals surface area contributed by atoms with E-state index in [1.54, 1.807) is 4.72 Å². The zero-order valence-electron chi connectivity index (χ0n) is 15.5. The summed E-state index contributed by atoms with van der Waals surface area (Å²) in [5.41, 5.74) is -0.188. The van der Waals surface area contributed by atoms with E-state index in [4.69, 9.17) is 9.47 Å². The van der Waals surface area contributed by atoms with Gasteiger partial charge in [0, 0.05) is 20.3 Å². The van der Waals surface area contributed by atoms with Gasteiger partial charge in [-0.3, -0.25) is 10.1 Å². The van der Waals surface area contributed by atoms with Gasteiger partial charge in [-0.25, -0.2) is 14.5 Å². The Kier molecular flexibility index (Phi) is 8.76. The van der Waals surface area contributed by atoms with Crippen molar-refractivity contribution in [1.29, 1.82) is 0 Å². The first-order chi connectivity index (χ1) is 13.2. The van der Waals surface area contributed by atoms with E-state index in [-0.39, 0.29) is 52.8 Å². The first-order valence-corrected chi connectivity index (χ1v) is 9.13. The summed E-state index contributed by atoms with van der Waals surface area (Å²) in [6, 6.07) is 2.90. The summed E-state index contributed by atoms with van der Waals surface area (Å²) in [7, 11) is 1.15. The second-order valence-electron chi connectivity index (χ2n) is 5.39. The Morgan fingerprint density at radius 2 is 1.69 bits per heavy atom. The van der Waals surface area contributed by atoms with Gasteiger partial charge in [0.2, 0.25) is 17.7 Å². The molecule has 2 heterocycles. The number of sulfonamides is 1. The second kappa shape index (κ2) is 10.3. The van der Waals surface area contributed by atoms with Crippen LogP contribution >= 0.6 is 0 Å². The number of anilines is 1. The van der Waals surface area contributed by atoms with Gasteiger partial charge < -0.3 is 14.4 Å². The van der Waals surface area contributed by atoms with Gasteiger partial charge in [-0.1, -0.05) is 0 Å². The molecule has 2 aromatic rings. The molecule has 0 saturated heterocycles. The van der Waals surface area contributed by atoms with Gasteiger partial charge in [0.25, 0.3) is 15.9 Å². The Labute approximate surface area is 189 Å². The van der Waals surface area contributed by atoms with Crippen LogP contribution in [-0.2, 0) is 10.0 Å². The topological polar surface area (TPSA) is 153 Å². The van der Waals surface area contributed by atoms with Crippen LogP contribution in [0.5, 0.6) is 11.8 Å². The van der Waals surface area contributed by atoms with E-state index in [1.165, 1.54) is 57.6 Å². The van der Waals surface area contributed by atoms with Gasteiger partial charge in [0.05, 0.1) is 25.8 Å². The fraction of sp³-hybridized carbons (Fsp3) is 0.267. The molecule has 2 aromatic heterocycles. The van der Waals surface area contributed by atoms with Gasteiger partial charge in [-0.2, -0.15) is 18.4 Å². The molecular weight excluding hydrogens is 415 g/mol. The molecule has 14 heteroatoms. The number of carbonyl (C=O) groups excluding carboxylic acids is 2. The number of pyridine rings is 1. The molecule has 0 atom stereocenters. The Morgan fingerprint density at radius 1 is 1.10 bits per heavy atom. The van der Waals surface area contributed by atoms with E-state index in [2.05, 4.69) is 20.3 Å². The average Bonchev–Trinajstić information content (AvgIpc) is 2.66. The molecule has 0 aliphatic carbocycles. The zero-order chi connectivity index (χ0) is 20.9. The van der Waals surface area contributed by atoms with Crippen molar-refractivity contribution < 1.29 is 27.5 Å². The summed E-state index contributed by atoms with van der Waals surface area (Å²) in [5, 5.41) is 1.56. The molecule has 29 heavy (non-hydrogen) atoms. The molecule has 2 rings (SSSR count). The maximum absolute atomic E-state index is 12.5. The van der Waals surface area contributed by atoms with E-state index in [9.17, 15) is 18.0 Å². The predicted molar refractivity (Wildman–Crippen MR) is 104 cm³/mol.